The maximum Gasteiger partial charge on any atom is 0.107 e. The molecule has 0 aliphatic heterocycles. The van der Waals surface area contributed by atoms with E-state index in [1.54, 1.807) is 11.3 Å². The molecular formula is C12H22N2OS. The molecule has 0 aliphatic carbocycles. The summed E-state index contributed by atoms with van der Waals surface area (Å²) in [7, 11) is 0. The van der Waals surface area contributed by atoms with E-state index < -0.39 is 0 Å². The molecule has 0 unspecified atom stereocenters. The van der Waals surface area contributed by atoms with E-state index in [9.17, 15) is 0 Å². The molecule has 4 heteroatoms. The highest BCUT2D eigenvalue weighted by Gasteiger charge is 1.97. The fourth-order valence-corrected chi connectivity index (χ4v) is 1.99. The van der Waals surface area contributed by atoms with Crippen LogP contribution < -0.4 is 5.32 Å². The van der Waals surface area contributed by atoms with E-state index in [4.69, 9.17) is 4.74 Å². The highest BCUT2D eigenvalue weighted by atomic mass is 32.1. The van der Waals surface area contributed by atoms with Crippen LogP contribution in [0.2, 0.25) is 0 Å². The van der Waals surface area contributed by atoms with Crippen LogP contribution >= 0.6 is 11.3 Å². The normalized spacial score (nSPS) is 11.2. The first-order chi connectivity index (χ1) is 7.68. The first-order valence-electron chi connectivity index (χ1n) is 5.88. The zero-order valence-corrected chi connectivity index (χ0v) is 11.3. The summed E-state index contributed by atoms with van der Waals surface area (Å²) in [4.78, 5) is 4.38. The highest BCUT2D eigenvalue weighted by Crippen LogP contribution is 2.07. The number of hydrogen-bond donors (Lipinski definition) is 1. The van der Waals surface area contributed by atoms with Crippen molar-refractivity contribution in [3.05, 3.63) is 16.1 Å². The van der Waals surface area contributed by atoms with Crippen LogP contribution in [0.15, 0.2) is 5.38 Å². The molecule has 0 aromatic carbocycles. The van der Waals surface area contributed by atoms with Gasteiger partial charge >= 0.3 is 0 Å². The average molecular weight is 242 g/mol. The summed E-state index contributed by atoms with van der Waals surface area (Å²) in [5, 5.41) is 6.56. The van der Waals surface area contributed by atoms with Crippen LogP contribution in [0.1, 0.15) is 31.0 Å². The van der Waals surface area contributed by atoms with Gasteiger partial charge in [-0.1, -0.05) is 13.8 Å². The third-order valence-electron chi connectivity index (χ3n) is 2.21. The molecular weight excluding hydrogens is 220 g/mol. The Balaban J connectivity index is 1.92. The number of thiazole rings is 1. The second-order valence-corrected chi connectivity index (χ2v) is 5.30. The fraction of sp³-hybridized carbons (Fsp3) is 0.750. The van der Waals surface area contributed by atoms with Crippen LogP contribution in [0.25, 0.3) is 0 Å². The van der Waals surface area contributed by atoms with Crippen molar-refractivity contribution in [2.75, 3.05) is 19.8 Å². The predicted molar refractivity (Wildman–Crippen MR) is 68.8 cm³/mol. The summed E-state index contributed by atoms with van der Waals surface area (Å²) in [5.41, 5.74) is 1.11. The van der Waals surface area contributed by atoms with Gasteiger partial charge in [-0.3, -0.25) is 0 Å². The molecule has 0 radical (unpaired) electrons. The molecule has 1 heterocycles. The van der Waals surface area contributed by atoms with Crippen molar-refractivity contribution in [2.45, 2.75) is 33.7 Å². The van der Waals surface area contributed by atoms with Crippen molar-refractivity contribution in [3.63, 3.8) is 0 Å². The molecule has 92 valence electrons. The van der Waals surface area contributed by atoms with Crippen molar-refractivity contribution >= 4 is 11.3 Å². The number of ether oxygens (including phenoxy) is 1. The Morgan fingerprint density at radius 3 is 2.88 bits per heavy atom. The minimum Gasteiger partial charge on any atom is -0.380 e. The Labute approximate surface area is 102 Å². The van der Waals surface area contributed by atoms with E-state index in [0.717, 1.165) is 49.3 Å². The van der Waals surface area contributed by atoms with Crippen LogP contribution in [-0.2, 0) is 11.3 Å². The van der Waals surface area contributed by atoms with Crippen molar-refractivity contribution < 1.29 is 4.74 Å². The van der Waals surface area contributed by atoms with Crippen molar-refractivity contribution in [1.29, 1.82) is 0 Å². The van der Waals surface area contributed by atoms with Crippen molar-refractivity contribution in [2.24, 2.45) is 5.92 Å². The molecule has 1 rings (SSSR count). The number of aromatic nitrogens is 1. The Bertz CT molecular complexity index is 286. The zero-order chi connectivity index (χ0) is 11.8. The van der Waals surface area contributed by atoms with Crippen LogP contribution in [-0.4, -0.2) is 24.7 Å². The molecule has 16 heavy (non-hydrogen) atoms. The molecule has 0 saturated heterocycles. The molecule has 0 bridgehead atoms. The highest BCUT2D eigenvalue weighted by molar-refractivity contribution is 7.09. The zero-order valence-electron chi connectivity index (χ0n) is 10.5. The van der Waals surface area contributed by atoms with Crippen molar-refractivity contribution in [1.82, 2.24) is 10.3 Å². The average Bonchev–Trinajstić information content (AvgIpc) is 2.62. The number of aryl methyl sites for hydroxylation is 1. The van der Waals surface area contributed by atoms with Gasteiger partial charge in [-0.25, -0.2) is 4.98 Å². The van der Waals surface area contributed by atoms with Gasteiger partial charge in [0.2, 0.25) is 0 Å². The van der Waals surface area contributed by atoms with Gasteiger partial charge < -0.3 is 10.1 Å². The number of nitrogens with zero attached hydrogens (tertiary/aromatic N) is 1. The van der Waals surface area contributed by atoms with Gasteiger partial charge in [0.15, 0.2) is 0 Å². The lowest BCUT2D eigenvalue weighted by atomic mass is 10.1. The van der Waals surface area contributed by atoms with Gasteiger partial charge in [-0.15, -0.1) is 11.3 Å². The second kappa shape index (κ2) is 7.76. The topological polar surface area (TPSA) is 34.1 Å². The lowest BCUT2D eigenvalue weighted by Gasteiger charge is -2.06. The number of hydrogen-bond acceptors (Lipinski definition) is 4. The molecule has 1 N–H and O–H groups in total. The van der Waals surface area contributed by atoms with E-state index in [2.05, 4.69) is 29.5 Å². The third kappa shape index (κ3) is 6.20. The lowest BCUT2D eigenvalue weighted by Crippen LogP contribution is -2.19. The molecule has 3 nitrogen and oxygen atoms in total. The summed E-state index contributed by atoms with van der Waals surface area (Å²) in [5.74, 6) is 0.728. The van der Waals surface area contributed by atoms with Crippen LogP contribution in [0.4, 0.5) is 0 Å². The molecule has 0 atom stereocenters. The van der Waals surface area contributed by atoms with Gasteiger partial charge in [-0.05, 0) is 19.3 Å². The van der Waals surface area contributed by atoms with E-state index in [1.807, 2.05) is 6.92 Å². The first-order valence-corrected chi connectivity index (χ1v) is 6.76. The third-order valence-corrected chi connectivity index (χ3v) is 3.17. The number of nitrogens with one attached hydrogen (secondary N) is 1. The van der Waals surface area contributed by atoms with Gasteiger partial charge in [-0.2, -0.15) is 0 Å². The Hall–Kier alpha value is -0.450. The summed E-state index contributed by atoms with van der Waals surface area (Å²) in [6, 6.07) is 0. The summed E-state index contributed by atoms with van der Waals surface area (Å²) < 4.78 is 5.51. The Morgan fingerprint density at radius 1 is 1.44 bits per heavy atom. The molecule has 0 amide bonds. The second-order valence-electron chi connectivity index (χ2n) is 4.35. The van der Waals surface area contributed by atoms with Crippen LogP contribution in [0, 0.1) is 12.8 Å². The van der Waals surface area contributed by atoms with Gasteiger partial charge in [0, 0.05) is 30.8 Å². The smallest absolute Gasteiger partial charge is 0.107 e. The maximum absolute atomic E-state index is 5.51. The number of rotatable bonds is 8. The monoisotopic (exact) mass is 242 g/mol. The Morgan fingerprint density at radius 2 is 2.25 bits per heavy atom. The lowest BCUT2D eigenvalue weighted by molar-refractivity contribution is 0.125. The van der Waals surface area contributed by atoms with Gasteiger partial charge in [0.05, 0.1) is 6.61 Å². The van der Waals surface area contributed by atoms with Gasteiger partial charge in [0.25, 0.3) is 0 Å². The molecule has 0 saturated carbocycles. The summed E-state index contributed by atoms with van der Waals surface area (Å²) >= 11 is 1.71. The van der Waals surface area contributed by atoms with E-state index in [1.165, 1.54) is 0 Å². The largest absolute Gasteiger partial charge is 0.380 e. The predicted octanol–water partition coefficient (Wildman–Crippen LogP) is 2.60. The molecule has 0 spiro atoms. The summed E-state index contributed by atoms with van der Waals surface area (Å²) in [6.45, 7) is 9.86. The molecule has 0 fully saturated rings. The molecule has 1 aromatic rings. The van der Waals surface area contributed by atoms with E-state index in [0.29, 0.717) is 0 Å². The minimum absolute atomic E-state index is 0.728. The first kappa shape index (κ1) is 13.6. The van der Waals surface area contributed by atoms with E-state index >= 15 is 0 Å². The minimum atomic E-state index is 0.728. The van der Waals surface area contributed by atoms with E-state index in [-0.39, 0.29) is 0 Å². The molecule has 1 aromatic heterocycles. The summed E-state index contributed by atoms with van der Waals surface area (Å²) in [6.07, 6.45) is 1.14. The van der Waals surface area contributed by atoms with Gasteiger partial charge in [0.1, 0.15) is 5.01 Å². The quantitative estimate of drug-likeness (QED) is 0.712. The molecule has 0 aliphatic rings. The van der Waals surface area contributed by atoms with Crippen LogP contribution in [0.5, 0.6) is 0 Å². The van der Waals surface area contributed by atoms with Crippen molar-refractivity contribution in [3.8, 4) is 0 Å². The van der Waals surface area contributed by atoms with Crippen LogP contribution in [0.3, 0.4) is 0 Å². The maximum atomic E-state index is 5.51. The SMILES string of the molecule is Cc1csc(CNCCOCCC(C)C)n1. The Kier molecular flexibility index (Phi) is 6.61. The standard InChI is InChI=1S/C12H22N2OS/c1-10(2)4-6-15-7-5-13-8-12-14-11(3)9-16-12/h9-10,13H,4-8H2,1-3H3. The fourth-order valence-electron chi connectivity index (χ4n) is 1.24.